The average molecular weight is 263 g/mol. The van der Waals surface area contributed by atoms with Crippen LogP contribution < -0.4 is 5.73 Å². The number of aryl methyl sites for hydroxylation is 1. The molecule has 0 spiro atoms. The number of fused-ring (bicyclic) bond motifs is 1. The molecule has 1 aromatic rings. The third-order valence-electron chi connectivity index (χ3n) is 4.63. The number of piperidine rings is 1. The molecule has 2 aliphatic heterocycles. The van der Waals surface area contributed by atoms with Crippen LogP contribution in [0.1, 0.15) is 44.3 Å². The van der Waals surface area contributed by atoms with E-state index in [2.05, 4.69) is 26.6 Å². The standard InChI is InChI=1S/C14H25N5/c1-2-18-8-4-3-5-12(18)9-14-17-16-13-7-6-11(15)10-19(13)14/h11-12H,2-10,15H2,1H3. The van der Waals surface area contributed by atoms with E-state index >= 15 is 0 Å². The molecular formula is C14H25N5. The molecule has 3 heterocycles. The van der Waals surface area contributed by atoms with E-state index < -0.39 is 0 Å². The van der Waals surface area contributed by atoms with Crippen LogP contribution in [-0.2, 0) is 19.4 Å². The van der Waals surface area contributed by atoms with Crippen molar-refractivity contribution < 1.29 is 0 Å². The molecule has 1 fully saturated rings. The fourth-order valence-corrected chi connectivity index (χ4v) is 3.48. The molecule has 1 saturated heterocycles. The van der Waals surface area contributed by atoms with E-state index in [0.717, 1.165) is 44.0 Å². The lowest BCUT2D eigenvalue weighted by Gasteiger charge is -2.35. The molecule has 5 nitrogen and oxygen atoms in total. The van der Waals surface area contributed by atoms with Crippen LogP contribution >= 0.6 is 0 Å². The first kappa shape index (κ1) is 13.1. The summed E-state index contributed by atoms with van der Waals surface area (Å²) in [5.74, 6) is 2.28. The summed E-state index contributed by atoms with van der Waals surface area (Å²) < 4.78 is 2.27. The Labute approximate surface area is 115 Å². The predicted octanol–water partition coefficient (Wildman–Crippen LogP) is 0.968. The molecular weight excluding hydrogens is 238 g/mol. The lowest BCUT2D eigenvalue weighted by molar-refractivity contribution is 0.152. The second-order valence-electron chi connectivity index (χ2n) is 5.92. The van der Waals surface area contributed by atoms with Crippen LogP contribution in [0.25, 0.3) is 0 Å². The number of hydrogen-bond donors (Lipinski definition) is 1. The minimum atomic E-state index is 0.274. The predicted molar refractivity (Wildman–Crippen MR) is 74.9 cm³/mol. The third-order valence-corrected chi connectivity index (χ3v) is 4.63. The summed E-state index contributed by atoms with van der Waals surface area (Å²) >= 11 is 0. The molecule has 0 radical (unpaired) electrons. The van der Waals surface area contributed by atoms with E-state index in [-0.39, 0.29) is 6.04 Å². The molecule has 0 bridgehead atoms. The van der Waals surface area contributed by atoms with Crippen LogP contribution in [0, 0.1) is 0 Å². The quantitative estimate of drug-likeness (QED) is 0.883. The maximum Gasteiger partial charge on any atom is 0.134 e. The fourth-order valence-electron chi connectivity index (χ4n) is 3.48. The molecule has 1 aromatic heterocycles. The summed E-state index contributed by atoms with van der Waals surface area (Å²) in [6, 6.07) is 0.918. The van der Waals surface area contributed by atoms with E-state index in [9.17, 15) is 0 Å². The number of nitrogens with two attached hydrogens (primary N) is 1. The molecule has 0 aliphatic carbocycles. The zero-order chi connectivity index (χ0) is 13.2. The summed E-state index contributed by atoms with van der Waals surface area (Å²) in [5.41, 5.74) is 6.08. The summed E-state index contributed by atoms with van der Waals surface area (Å²) in [5, 5.41) is 8.77. The summed E-state index contributed by atoms with van der Waals surface area (Å²) in [4.78, 5) is 2.59. The highest BCUT2D eigenvalue weighted by Crippen LogP contribution is 2.21. The Bertz CT molecular complexity index is 427. The Kier molecular flexibility index (Phi) is 3.84. The number of aromatic nitrogens is 3. The minimum absolute atomic E-state index is 0.274. The molecule has 5 heteroatoms. The fraction of sp³-hybridized carbons (Fsp3) is 0.857. The van der Waals surface area contributed by atoms with E-state index in [4.69, 9.17) is 5.73 Å². The molecule has 0 saturated carbocycles. The van der Waals surface area contributed by atoms with Gasteiger partial charge in [-0.15, -0.1) is 10.2 Å². The van der Waals surface area contributed by atoms with E-state index in [1.807, 2.05) is 0 Å². The van der Waals surface area contributed by atoms with Gasteiger partial charge in [0.05, 0.1) is 0 Å². The number of hydrogen-bond acceptors (Lipinski definition) is 4. The van der Waals surface area contributed by atoms with Crippen molar-refractivity contribution in [3.8, 4) is 0 Å². The molecule has 2 N–H and O–H groups in total. The smallest absolute Gasteiger partial charge is 0.134 e. The molecule has 19 heavy (non-hydrogen) atoms. The maximum absolute atomic E-state index is 6.08. The first-order valence-corrected chi connectivity index (χ1v) is 7.68. The molecule has 0 amide bonds. The van der Waals surface area contributed by atoms with Gasteiger partial charge >= 0.3 is 0 Å². The Morgan fingerprint density at radius 2 is 2.16 bits per heavy atom. The topological polar surface area (TPSA) is 60.0 Å². The van der Waals surface area contributed by atoms with Crippen LogP contribution in [0.2, 0.25) is 0 Å². The van der Waals surface area contributed by atoms with Gasteiger partial charge in [0, 0.05) is 31.5 Å². The van der Waals surface area contributed by atoms with Crippen LogP contribution in [0.4, 0.5) is 0 Å². The van der Waals surface area contributed by atoms with Crippen LogP contribution in [-0.4, -0.2) is 44.8 Å². The molecule has 106 valence electrons. The van der Waals surface area contributed by atoms with Crippen molar-refractivity contribution in [2.45, 2.75) is 64.1 Å². The lowest BCUT2D eigenvalue weighted by Crippen LogP contribution is -2.41. The van der Waals surface area contributed by atoms with Gasteiger partial charge in [-0.25, -0.2) is 0 Å². The monoisotopic (exact) mass is 263 g/mol. The van der Waals surface area contributed by atoms with Gasteiger partial charge in [-0.1, -0.05) is 13.3 Å². The largest absolute Gasteiger partial charge is 0.326 e. The Balaban J connectivity index is 1.74. The number of rotatable bonds is 3. The van der Waals surface area contributed by atoms with Gasteiger partial charge in [-0.3, -0.25) is 0 Å². The van der Waals surface area contributed by atoms with Crippen molar-refractivity contribution >= 4 is 0 Å². The molecule has 3 rings (SSSR count). The Hall–Kier alpha value is -0.940. The summed E-state index contributed by atoms with van der Waals surface area (Å²) in [6.45, 7) is 5.54. The van der Waals surface area contributed by atoms with Crippen LogP contribution in [0.5, 0.6) is 0 Å². The second-order valence-corrected chi connectivity index (χ2v) is 5.92. The van der Waals surface area contributed by atoms with Gasteiger partial charge in [0.2, 0.25) is 0 Å². The van der Waals surface area contributed by atoms with Crippen molar-refractivity contribution in [3.63, 3.8) is 0 Å². The number of likely N-dealkylation sites (N-methyl/N-ethyl adjacent to an activating group) is 1. The highest BCUT2D eigenvalue weighted by atomic mass is 15.3. The lowest BCUT2D eigenvalue weighted by atomic mass is 9.99. The molecule has 2 unspecified atom stereocenters. The number of likely N-dealkylation sites (tertiary alicyclic amines) is 1. The van der Waals surface area contributed by atoms with Crippen molar-refractivity contribution in [2.24, 2.45) is 5.73 Å². The second kappa shape index (κ2) is 5.59. The average Bonchev–Trinajstić information content (AvgIpc) is 2.82. The number of nitrogens with zero attached hydrogens (tertiary/aromatic N) is 4. The van der Waals surface area contributed by atoms with Crippen molar-refractivity contribution in [2.75, 3.05) is 13.1 Å². The minimum Gasteiger partial charge on any atom is -0.326 e. The first-order chi connectivity index (χ1) is 9.28. The van der Waals surface area contributed by atoms with Gasteiger partial charge in [-0.2, -0.15) is 0 Å². The zero-order valence-electron chi connectivity index (χ0n) is 11.9. The van der Waals surface area contributed by atoms with Gasteiger partial charge in [0.25, 0.3) is 0 Å². The molecule has 0 aromatic carbocycles. The maximum atomic E-state index is 6.08. The Morgan fingerprint density at radius 3 is 3.00 bits per heavy atom. The summed E-state index contributed by atoms with van der Waals surface area (Å²) in [7, 11) is 0. The van der Waals surface area contributed by atoms with E-state index in [1.54, 1.807) is 0 Å². The van der Waals surface area contributed by atoms with Gasteiger partial charge < -0.3 is 15.2 Å². The first-order valence-electron chi connectivity index (χ1n) is 7.68. The Morgan fingerprint density at radius 1 is 1.26 bits per heavy atom. The van der Waals surface area contributed by atoms with E-state index in [0.29, 0.717) is 6.04 Å². The molecule has 2 aliphatic rings. The van der Waals surface area contributed by atoms with Crippen LogP contribution in [0.15, 0.2) is 0 Å². The van der Waals surface area contributed by atoms with Gasteiger partial charge in [-0.05, 0) is 32.4 Å². The van der Waals surface area contributed by atoms with Gasteiger partial charge in [0.1, 0.15) is 11.6 Å². The highest BCUT2D eigenvalue weighted by molar-refractivity contribution is 5.03. The highest BCUT2D eigenvalue weighted by Gasteiger charge is 2.26. The summed E-state index contributed by atoms with van der Waals surface area (Å²) in [6.07, 6.45) is 7.05. The zero-order valence-corrected chi connectivity index (χ0v) is 11.9. The van der Waals surface area contributed by atoms with Crippen molar-refractivity contribution in [3.05, 3.63) is 11.6 Å². The van der Waals surface area contributed by atoms with Crippen molar-refractivity contribution in [1.82, 2.24) is 19.7 Å². The SMILES string of the molecule is CCN1CCCCC1Cc1nnc2n1CC(N)CC2. The normalized spacial score (nSPS) is 28.3. The van der Waals surface area contributed by atoms with Crippen LogP contribution in [0.3, 0.4) is 0 Å². The van der Waals surface area contributed by atoms with Crippen molar-refractivity contribution in [1.29, 1.82) is 0 Å². The van der Waals surface area contributed by atoms with E-state index in [1.165, 1.54) is 25.8 Å². The molecule has 2 atom stereocenters. The van der Waals surface area contributed by atoms with Gasteiger partial charge in [0.15, 0.2) is 0 Å². The third kappa shape index (κ3) is 2.67.